The van der Waals surface area contributed by atoms with Gasteiger partial charge in [0.25, 0.3) is 0 Å². The van der Waals surface area contributed by atoms with Crippen molar-refractivity contribution in [1.29, 1.82) is 0 Å². The summed E-state index contributed by atoms with van der Waals surface area (Å²) in [4.78, 5) is 12.5. The fraction of sp³-hybridized carbons (Fsp3) is 0.0385. The molecule has 5 rings (SSSR count). The van der Waals surface area contributed by atoms with E-state index in [4.69, 9.17) is 27.9 Å². The fourth-order valence-corrected chi connectivity index (χ4v) is 4.33. The second-order valence-corrected chi connectivity index (χ2v) is 8.12. The van der Waals surface area contributed by atoms with E-state index >= 15 is 0 Å². The lowest BCUT2D eigenvalue weighted by Crippen LogP contribution is -2.05. The summed E-state index contributed by atoms with van der Waals surface area (Å²) >= 11 is 12.2. The molecule has 0 unspecified atom stereocenters. The van der Waals surface area contributed by atoms with Crippen LogP contribution in [-0.4, -0.2) is 5.97 Å². The Kier molecular flexibility index (Phi) is 4.62. The van der Waals surface area contributed by atoms with Crippen molar-refractivity contribution in [2.45, 2.75) is 6.92 Å². The highest BCUT2D eigenvalue weighted by Gasteiger charge is 2.14. The van der Waals surface area contributed by atoms with Gasteiger partial charge in [0.05, 0.1) is 0 Å². The standard InChI is InChI=1S/C26H16Cl2O2/c1-15-21-10-7-17-4-2-3-16-5-6-19(26(21)25(16)17)14-23(15)30-24(29)12-8-18-13-20(27)9-11-22(18)28/h2-14H,1H3. The minimum absolute atomic E-state index is 0.470. The maximum atomic E-state index is 12.5. The number of hydrogen-bond acceptors (Lipinski definition) is 2. The van der Waals surface area contributed by atoms with E-state index in [1.54, 1.807) is 24.3 Å². The molecule has 2 nitrogen and oxygen atoms in total. The SMILES string of the molecule is Cc1c(OC(=O)C=Cc2cc(Cl)ccc2Cl)cc2ccc3cccc4ccc1c2c34. The molecule has 0 spiro atoms. The molecule has 0 atom stereocenters. The summed E-state index contributed by atoms with van der Waals surface area (Å²) in [7, 11) is 0. The molecule has 0 radical (unpaired) electrons. The zero-order valence-electron chi connectivity index (χ0n) is 16.1. The van der Waals surface area contributed by atoms with Gasteiger partial charge in [-0.3, -0.25) is 0 Å². The van der Waals surface area contributed by atoms with E-state index < -0.39 is 5.97 Å². The van der Waals surface area contributed by atoms with Crippen molar-refractivity contribution in [3.05, 3.63) is 94.0 Å². The number of carbonyl (C=O) groups is 1. The number of rotatable bonds is 3. The van der Waals surface area contributed by atoms with Gasteiger partial charge in [-0.05, 0) is 80.7 Å². The summed E-state index contributed by atoms with van der Waals surface area (Å²) in [6.07, 6.45) is 2.97. The maximum absolute atomic E-state index is 12.5. The van der Waals surface area contributed by atoms with Gasteiger partial charge in [-0.15, -0.1) is 0 Å². The van der Waals surface area contributed by atoms with Crippen LogP contribution < -0.4 is 4.74 Å². The van der Waals surface area contributed by atoms with Gasteiger partial charge >= 0.3 is 5.97 Å². The Balaban J connectivity index is 1.54. The molecule has 0 fully saturated rings. The van der Waals surface area contributed by atoms with Crippen molar-refractivity contribution in [3.8, 4) is 5.75 Å². The molecule has 0 saturated carbocycles. The number of esters is 1. The molecule has 5 aromatic carbocycles. The van der Waals surface area contributed by atoms with E-state index in [0.717, 1.165) is 16.3 Å². The third-order valence-corrected chi connectivity index (χ3v) is 6.02. The minimum atomic E-state index is -0.470. The average molecular weight is 431 g/mol. The number of carbonyl (C=O) groups excluding carboxylic acids is 1. The molecule has 0 aliphatic rings. The van der Waals surface area contributed by atoms with Gasteiger partial charge in [-0.2, -0.15) is 0 Å². The van der Waals surface area contributed by atoms with E-state index in [-0.39, 0.29) is 0 Å². The van der Waals surface area contributed by atoms with Crippen LogP contribution in [-0.2, 0) is 4.79 Å². The van der Waals surface area contributed by atoms with Crippen molar-refractivity contribution >= 4 is 67.6 Å². The molecule has 0 amide bonds. The quantitative estimate of drug-likeness (QED) is 0.126. The first-order chi connectivity index (χ1) is 14.5. The molecule has 0 heterocycles. The summed E-state index contributed by atoms with van der Waals surface area (Å²) in [5, 5.41) is 8.05. The largest absolute Gasteiger partial charge is 0.423 e. The molecular weight excluding hydrogens is 415 g/mol. The number of benzene rings is 5. The summed E-state index contributed by atoms with van der Waals surface area (Å²) < 4.78 is 5.68. The number of hydrogen-bond donors (Lipinski definition) is 0. The molecule has 0 aromatic heterocycles. The topological polar surface area (TPSA) is 26.3 Å². The van der Waals surface area contributed by atoms with Crippen molar-refractivity contribution < 1.29 is 9.53 Å². The molecule has 0 bridgehead atoms. The smallest absolute Gasteiger partial charge is 0.336 e. The fourth-order valence-electron chi connectivity index (χ4n) is 3.97. The Morgan fingerprint density at radius 2 is 1.60 bits per heavy atom. The first kappa shape index (κ1) is 18.9. The monoisotopic (exact) mass is 430 g/mol. The Morgan fingerprint density at radius 3 is 2.40 bits per heavy atom. The van der Waals surface area contributed by atoms with Crippen LogP contribution in [0.4, 0.5) is 0 Å². The number of aryl methyl sites for hydroxylation is 1. The van der Waals surface area contributed by atoms with Gasteiger partial charge in [-0.25, -0.2) is 4.79 Å². The van der Waals surface area contributed by atoms with Crippen LogP contribution in [0.3, 0.4) is 0 Å². The van der Waals surface area contributed by atoms with Gasteiger partial charge in [0.2, 0.25) is 0 Å². The van der Waals surface area contributed by atoms with Crippen LogP contribution in [0.25, 0.3) is 38.4 Å². The van der Waals surface area contributed by atoms with Crippen LogP contribution >= 0.6 is 23.2 Å². The van der Waals surface area contributed by atoms with Gasteiger partial charge in [0, 0.05) is 16.1 Å². The van der Waals surface area contributed by atoms with Crippen molar-refractivity contribution in [2.75, 3.05) is 0 Å². The predicted molar refractivity (Wildman–Crippen MR) is 126 cm³/mol. The van der Waals surface area contributed by atoms with Crippen molar-refractivity contribution in [3.63, 3.8) is 0 Å². The third kappa shape index (κ3) is 3.19. The Morgan fingerprint density at radius 1 is 0.867 bits per heavy atom. The lowest BCUT2D eigenvalue weighted by Gasteiger charge is -2.15. The van der Waals surface area contributed by atoms with E-state index in [1.165, 1.54) is 27.6 Å². The minimum Gasteiger partial charge on any atom is -0.423 e. The van der Waals surface area contributed by atoms with Gasteiger partial charge in [0.1, 0.15) is 5.75 Å². The molecule has 0 aliphatic heterocycles. The Labute approximate surface area is 183 Å². The van der Waals surface area contributed by atoms with Gasteiger partial charge < -0.3 is 4.74 Å². The van der Waals surface area contributed by atoms with Crippen molar-refractivity contribution in [2.24, 2.45) is 0 Å². The van der Waals surface area contributed by atoms with Crippen molar-refractivity contribution in [1.82, 2.24) is 0 Å². The van der Waals surface area contributed by atoms with E-state index in [1.807, 2.05) is 13.0 Å². The highest BCUT2D eigenvalue weighted by Crippen LogP contribution is 2.39. The molecule has 30 heavy (non-hydrogen) atoms. The van der Waals surface area contributed by atoms with Crippen LogP contribution in [0.1, 0.15) is 11.1 Å². The maximum Gasteiger partial charge on any atom is 0.336 e. The Hall–Kier alpha value is -3.07. The van der Waals surface area contributed by atoms with Gasteiger partial charge in [-0.1, -0.05) is 65.7 Å². The average Bonchev–Trinajstić information content (AvgIpc) is 2.75. The molecule has 4 heteroatoms. The number of ether oxygens (including phenoxy) is 1. The van der Waals surface area contributed by atoms with Crippen LogP contribution in [0.15, 0.2) is 72.8 Å². The first-order valence-electron chi connectivity index (χ1n) is 9.53. The van der Waals surface area contributed by atoms with Crippen LogP contribution in [0, 0.1) is 6.92 Å². The Bertz CT molecular complexity index is 1450. The molecule has 0 aliphatic carbocycles. The summed E-state index contributed by atoms with van der Waals surface area (Å²) in [5.74, 6) is 0.0784. The van der Waals surface area contributed by atoms with E-state index in [0.29, 0.717) is 21.4 Å². The summed E-state index contributed by atoms with van der Waals surface area (Å²) in [6, 6.07) is 21.7. The molecule has 0 N–H and O–H groups in total. The van der Waals surface area contributed by atoms with E-state index in [9.17, 15) is 4.79 Å². The molecular formula is C26H16Cl2O2. The van der Waals surface area contributed by atoms with E-state index in [2.05, 4.69) is 42.5 Å². The summed E-state index contributed by atoms with van der Waals surface area (Å²) in [5.41, 5.74) is 1.59. The lowest BCUT2D eigenvalue weighted by molar-refractivity contribution is -0.128. The summed E-state index contributed by atoms with van der Waals surface area (Å²) in [6.45, 7) is 1.98. The second kappa shape index (κ2) is 7.32. The zero-order valence-corrected chi connectivity index (χ0v) is 17.6. The highest BCUT2D eigenvalue weighted by atomic mass is 35.5. The predicted octanol–water partition coefficient (Wildman–Crippen LogP) is 7.82. The molecule has 0 saturated heterocycles. The normalized spacial score (nSPS) is 11.8. The highest BCUT2D eigenvalue weighted by molar-refractivity contribution is 6.34. The van der Waals surface area contributed by atoms with Gasteiger partial charge in [0.15, 0.2) is 0 Å². The van der Waals surface area contributed by atoms with Crippen LogP contribution in [0.5, 0.6) is 5.75 Å². The molecule has 146 valence electrons. The molecule has 5 aromatic rings. The second-order valence-electron chi connectivity index (χ2n) is 7.28. The number of halogens is 2. The lowest BCUT2D eigenvalue weighted by atomic mass is 9.92. The first-order valence-corrected chi connectivity index (χ1v) is 10.3. The van der Waals surface area contributed by atoms with Crippen LogP contribution in [0.2, 0.25) is 10.0 Å². The third-order valence-electron chi connectivity index (χ3n) is 5.44. The zero-order chi connectivity index (χ0) is 20.8.